The van der Waals surface area contributed by atoms with Gasteiger partial charge < -0.3 is 4.74 Å². The molecule has 0 aliphatic rings. The second kappa shape index (κ2) is 15.8. The molecule has 0 saturated heterocycles. The molecule has 2 aromatic carbocycles. The highest BCUT2D eigenvalue weighted by Crippen LogP contribution is 2.40. The number of aliphatic imine (C=N–C) groups is 2. The summed E-state index contributed by atoms with van der Waals surface area (Å²) < 4.78 is 5.15. The van der Waals surface area contributed by atoms with Crippen LogP contribution in [0.4, 0.5) is 11.4 Å². The maximum Gasteiger partial charge on any atom is 0.351 e. The van der Waals surface area contributed by atoms with Gasteiger partial charge in [0.15, 0.2) is 0 Å². The molecule has 0 fully saturated rings. The number of hydrogen-bond acceptors (Lipinski definition) is 6. The summed E-state index contributed by atoms with van der Waals surface area (Å²) in [4.78, 5) is 23.5. The molecule has 0 bridgehead atoms. The SMILES string of the molecule is CCOC(=O)C=NNC(C(=Nc1c(C(C)C)cccc1C(C)C)C(C)(C)C)C(=Nc1c(C(C)C)cccc1C(C)C)C(C)(C)C. The molecule has 1 N–H and O–H groups in total. The number of nitrogens with zero attached hydrogens (tertiary/aromatic N) is 3. The molecule has 0 spiro atoms. The van der Waals surface area contributed by atoms with Crippen molar-refractivity contribution in [1.82, 2.24) is 5.43 Å². The van der Waals surface area contributed by atoms with E-state index < -0.39 is 12.0 Å². The van der Waals surface area contributed by atoms with Crippen LogP contribution < -0.4 is 5.43 Å². The molecule has 45 heavy (non-hydrogen) atoms. The highest BCUT2D eigenvalue weighted by Gasteiger charge is 2.37. The Morgan fingerprint density at radius 3 is 1.29 bits per heavy atom. The van der Waals surface area contributed by atoms with Crippen molar-refractivity contribution in [2.75, 3.05) is 6.61 Å². The lowest BCUT2D eigenvalue weighted by atomic mass is 9.76. The minimum absolute atomic E-state index is 0.283. The zero-order valence-electron chi connectivity index (χ0n) is 30.8. The van der Waals surface area contributed by atoms with Gasteiger partial charge in [-0.05, 0) is 52.8 Å². The van der Waals surface area contributed by atoms with Crippen molar-refractivity contribution in [2.24, 2.45) is 25.9 Å². The predicted octanol–water partition coefficient (Wildman–Crippen LogP) is 10.6. The predicted molar refractivity (Wildman–Crippen MR) is 194 cm³/mol. The fraction of sp³-hybridized carbons (Fsp3) is 0.590. The fourth-order valence-electron chi connectivity index (χ4n) is 5.45. The number of esters is 1. The maximum atomic E-state index is 12.3. The van der Waals surface area contributed by atoms with Gasteiger partial charge in [0.1, 0.15) is 12.3 Å². The number of para-hydroxylation sites is 2. The summed E-state index contributed by atoms with van der Waals surface area (Å²) >= 11 is 0. The molecule has 2 aromatic rings. The van der Waals surface area contributed by atoms with Crippen LogP contribution >= 0.6 is 0 Å². The summed E-state index contributed by atoms with van der Waals surface area (Å²) in [7, 11) is 0. The molecule has 0 saturated carbocycles. The van der Waals surface area contributed by atoms with Crippen LogP contribution in [0.3, 0.4) is 0 Å². The van der Waals surface area contributed by atoms with Gasteiger partial charge in [-0.25, -0.2) is 4.79 Å². The maximum absolute atomic E-state index is 12.3. The smallest absolute Gasteiger partial charge is 0.351 e. The zero-order valence-corrected chi connectivity index (χ0v) is 30.8. The molecule has 0 aliphatic heterocycles. The van der Waals surface area contributed by atoms with Crippen molar-refractivity contribution >= 4 is 35.0 Å². The summed E-state index contributed by atoms with van der Waals surface area (Å²) in [6, 6.07) is 12.5. The van der Waals surface area contributed by atoms with E-state index in [0.717, 1.165) is 22.8 Å². The average Bonchev–Trinajstić information content (AvgIpc) is 2.91. The van der Waals surface area contributed by atoms with E-state index in [1.54, 1.807) is 6.92 Å². The number of carbonyl (C=O) groups is 1. The van der Waals surface area contributed by atoms with E-state index in [0.29, 0.717) is 23.7 Å². The van der Waals surface area contributed by atoms with Crippen LogP contribution in [0.5, 0.6) is 0 Å². The summed E-state index contributed by atoms with van der Waals surface area (Å²) in [6.07, 6.45) is 1.21. The first-order valence-electron chi connectivity index (χ1n) is 16.7. The van der Waals surface area contributed by atoms with Crippen LogP contribution in [0.2, 0.25) is 0 Å². The van der Waals surface area contributed by atoms with Crippen LogP contribution in [0.15, 0.2) is 51.5 Å². The molecule has 2 rings (SSSR count). The summed E-state index contributed by atoms with van der Waals surface area (Å²) in [6.45, 7) is 32.9. The van der Waals surface area contributed by atoms with Gasteiger partial charge >= 0.3 is 5.97 Å². The van der Waals surface area contributed by atoms with Gasteiger partial charge in [0.2, 0.25) is 0 Å². The van der Waals surface area contributed by atoms with E-state index in [4.69, 9.17) is 14.7 Å². The summed E-state index contributed by atoms with van der Waals surface area (Å²) in [5.41, 5.74) is 11.3. The third kappa shape index (κ3) is 10.1. The van der Waals surface area contributed by atoms with Crippen molar-refractivity contribution in [3.05, 3.63) is 58.7 Å². The lowest BCUT2D eigenvalue weighted by Gasteiger charge is -2.35. The molecule has 0 aromatic heterocycles. The van der Waals surface area contributed by atoms with E-state index in [1.807, 2.05) is 0 Å². The molecular weight excluding hydrogens is 556 g/mol. The number of ether oxygens (including phenoxy) is 1. The van der Waals surface area contributed by atoms with Crippen molar-refractivity contribution in [3.63, 3.8) is 0 Å². The van der Waals surface area contributed by atoms with Gasteiger partial charge in [-0.2, -0.15) is 5.10 Å². The Bertz CT molecular complexity index is 1240. The Kier molecular flexibility index (Phi) is 13.3. The summed E-state index contributed by atoms with van der Waals surface area (Å²) in [5.74, 6) is 0.670. The highest BCUT2D eigenvalue weighted by molar-refractivity contribution is 6.23. The van der Waals surface area contributed by atoms with E-state index in [2.05, 4.69) is 144 Å². The Balaban J connectivity index is 3.11. The van der Waals surface area contributed by atoms with Crippen LogP contribution in [0, 0.1) is 10.8 Å². The van der Waals surface area contributed by atoms with Crippen LogP contribution in [0.25, 0.3) is 0 Å². The molecule has 0 heterocycles. The number of hydrazone groups is 1. The topological polar surface area (TPSA) is 75.4 Å². The van der Waals surface area contributed by atoms with Crippen LogP contribution in [0.1, 0.15) is 150 Å². The molecule has 0 amide bonds. The highest BCUT2D eigenvalue weighted by atomic mass is 16.5. The summed E-state index contributed by atoms with van der Waals surface area (Å²) in [5, 5.41) is 4.46. The first-order valence-corrected chi connectivity index (χ1v) is 16.7. The average molecular weight is 617 g/mol. The van der Waals surface area contributed by atoms with Crippen LogP contribution in [-0.4, -0.2) is 36.3 Å². The molecule has 248 valence electrons. The Labute approximate surface area is 274 Å². The van der Waals surface area contributed by atoms with Gasteiger partial charge in [-0.1, -0.05) is 133 Å². The monoisotopic (exact) mass is 616 g/mol. The van der Waals surface area contributed by atoms with Gasteiger partial charge in [-0.15, -0.1) is 0 Å². The van der Waals surface area contributed by atoms with Gasteiger partial charge in [0.25, 0.3) is 0 Å². The first-order chi connectivity index (χ1) is 20.8. The Hall–Kier alpha value is -3.28. The molecule has 0 unspecified atom stereocenters. The zero-order chi connectivity index (χ0) is 34.3. The third-order valence-corrected chi connectivity index (χ3v) is 7.89. The minimum atomic E-state index is -0.504. The van der Waals surface area contributed by atoms with E-state index in [1.165, 1.54) is 28.5 Å². The third-order valence-electron chi connectivity index (χ3n) is 7.89. The Morgan fingerprint density at radius 2 is 1.02 bits per heavy atom. The van der Waals surface area contributed by atoms with E-state index >= 15 is 0 Å². The quantitative estimate of drug-likeness (QED) is 0.146. The molecule has 0 radical (unpaired) electrons. The standard InChI is InChI=1S/C39H60N4O2/c1-16-45-32(44)23-40-43-35(36(38(10,11)12)41-33-28(24(2)3)19-17-20-29(33)25(4)5)37(39(13,14)15)42-34-30(26(6)7)21-18-22-31(34)27(8)9/h17-27,35,43H,16H2,1-15H3. The second-order valence-electron chi connectivity index (χ2n) is 15.3. The van der Waals surface area contributed by atoms with E-state index in [9.17, 15) is 4.79 Å². The number of nitrogens with one attached hydrogen (secondary N) is 1. The van der Waals surface area contributed by atoms with Crippen molar-refractivity contribution in [1.29, 1.82) is 0 Å². The number of carbonyl (C=O) groups excluding carboxylic acids is 1. The number of hydrogen-bond donors (Lipinski definition) is 1. The fourth-order valence-corrected chi connectivity index (χ4v) is 5.45. The molecule has 0 atom stereocenters. The van der Waals surface area contributed by atoms with Crippen molar-refractivity contribution < 1.29 is 9.53 Å². The van der Waals surface area contributed by atoms with Crippen molar-refractivity contribution in [2.45, 2.75) is 134 Å². The lowest BCUT2D eigenvalue weighted by molar-refractivity contribution is -0.134. The van der Waals surface area contributed by atoms with Gasteiger partial charge in [-0.3, -0.25) is 15.4 Å². The number of benzene rings is 2. The minimum Gasteiger partial charge on any atom is -0.462 e. The van der Waals surface area contributed by atoms with Gasteiger partial charge in [0.05, 0.1) is 29.4 Å². The van der Waals surface area contributed by atoms with Crippen molar-refractivity contribution in [3.8, 4) is 0 Å². The van der Waals surface area contributed by atoms with E-state index in [-0.39, 0.29) is 17.4 Å². The first kappa shape index (κ1) is 37.9. The molecule has 0 aliphatic carbocycles. The van der Waals surface area contributed by atoms with Crippen LogP contribution in [-0.2, 0) is 9.53 Å². The Morgan fingerprint density at radius 1 is 0.689 bits per heavy atom. The largest absolute Gasteiger partial charge is 0.462 e. The molecule has 6 nitrogen and oxygen atoms in total. The molecular formula is C39H60N4O2. The molecule has 6 heteroatoms. The van der Waals surface area contributed by atoms with Gasteiger partial charge in [0, 0.05) is 10.8 Å². The number of rotatable bonds is 12. The lowest BCUT2D eigenvalue weighted by Crippen LogP contribution is -2.50. The second-order valence-corrected chi connectivity index (χ2v) is 15.3. The normalized spacial score (nSPS) is 14.3.